The van der Waals surface area contributed by atoms with E-state index < -0.39 is 6.10 Å². The fraction of sp³-hybridized carbons (Fsp3) is 0.421. The molecule has 2 aromatic heterocycles. The molecule has 0 saturated carbocycles. The topological polar surface area (TPSA) is 107 Å². The summed E-state index contributed by atoms with van der Waals surface area (Å²) in [4.78, 5) is 21.3. The zero-order valence-electron chi connectivity index (χ0n) is 15.5. The molecule has 148 valence electrons. The molecule has 3 heterocycles. The Balaban J connectivity index is 1.27. The van der Waals surface area contributed by atoms with Crippen LogP contribution in [0.25, 0.3) is 11.0 Å². The molecule has 0 spiro atoms. The van der Waals surface area contributed by atoms with Gasteiger partial charge in [-0.3, -0.25) is 9.89 Å². The predicted molar refractivity (Wildman–Crippen MR) is 98.8 cm³/mol. The van der Waals surface area contributed by atoms with E-state index in [0.717, 1.165) is 11.4 Å². The van der Waals surface area contributed by atoms with Gasteiger partial charge in [-0.15, -0.1) is 0 Å². The van der Waals surface area contributed by atoms with Gasteiger partial charge in [-0.05, 0) is 37.6 Å². The molecule has 28 heavy (non-hydrogen) atoms. The first-order valence-electron chi connectivity index (χ1n) is 9.16. The number of β-amino-alcohol motifs (C(OH)–C–C–N with tert-alkyl or cyclic N) is 1. The Labute approximate surface area is 160 Å². The molecule has 3 aromatic rings. The number of aromatic amines is 2. The Bertz CT molecular complexity index is 985. The first-order valence-corrected chi connectivity index (χ1v) is 9.16. The maximum atomic E-state index is 13.2. The molecule has 3 N–H and O–H groups in total. The van der Waals surface area contributed by atoms with Gasteiger partial charge in [-0.25, -0.2) is 9.37 Å². The van der Waals surface area contributed by atoms with Crippen molar-refractivity contribution in [1.82, 2.24) is 25.1 Å². The lowest BCUT2D eigenvalue weighted by atomic mass is 10.0. The number of benzene rings is 1. The van der Waals surface area contributed by atoms with Crippen LogP contribution in [0.5, 0.6) is 0 Å². The summed E-state index contributed by atoms with van der Waals surface area (Å²) >= 11 is 0. The van der Waals surface area contributed by atoms with Crippen LogP contribution in [-0.4, -0.2) is 61.9 Å². The number of nitrogens with one attached hydrogen (secondary N) is 2. The monoisotopic (exact) mass is 387 g/mol. The summed E-state index contributed by atoms with van der Waals surface area (Å²) < 4.78 is 18.7. The minimum Gasteiger partial charge on any atom is -0.391 e. The van der Waals surface area contributed by atoms with E-state index >= 15 is 0 Å². The molecular formula is C19H22FN5O3. The van der Waals surface area contributed by atoms with Crippen LogP contribution in [-0.2, 0) is 22.6 Å². The summed E-state index contributed by atoms with van der Waals surface area (Å²) in [7, 11) is 0. The van der Waals surface area contributed by atoms with Crippen molar-refractivity contribution >= 4 is 16.9 Å². The van der Waals surface area contributed by atoms with Crippen LogP contribution in [0.3, 0.4) is 0 Å². The molecule has 1 fully saturated rings. The Hall–Kier alpha value is -2.78. The largest absolute Gasteiger partial charge is 0.391 e. The van der Waals surface area contributed by atoms with Gasteiger partial charge in [-0.2, -0.15) is 5.10 Å². The van der Waals surface area contributed by atoms with Crippen LogP contribution < -0.4 is 0 Å². The van der Waals surface area contributed by atoms with Crippen molar-refractivity contribution in [2.75, 3.05) is 19.7 Å². The molecule has 1 saturated heterocycles. The SMILES string of the molecule is Cc1cc(C[C@@H]2CN(C(=O)COCc3nc4ccc(F)cc4[nH]3)C[C@H]2O)n[nH]1. The van der Waals surface area contributed by atoms with Crippen LogP contribution in [0, 0.1) is 18.7 Å². The molecule has 1 aliphatic rings. The van der Waals surface area contributed by atoms with E-state index in [-0.39, 0.29) is 30.9 Å². The molecule has 0 bridgehead atoms. The third-order valence-corrected chi connectivity index (χ3v) is 4.95. The number of likely N-dealkylation sites (tertiary alicyclic amines) is 1. The molecule has 1 amide bonds. The molecule has 1 aromatic carbocycles. The van der Waals surface area contributed by atoms with Gasteiger partial charge in [0.25, 0.3) is 0 Å². The number of amides is 1. The average Bonchev–Trinajstić information content (AvgIpc) is 3.34. The molecule has 8 nitrogen and oxygen atoms in total. The molecule has 2 atom stereocenters. The van der Waals surface area contributed by atoms with E-state index in [1.807, 2.05) is 13.0 Å². The Morgan fingerprint density at radius 2 is 2.25 bits per heavy atom. The van der Waals surface area contributed by atoms with E-state index in [4.69, 9.17) is 4.74 Å². The third-order valence-electron chi connectivity index (χ3n) is 4.95. The van der Waals surface area contributed by atoms with Crippen molar-refractivity contribution in [3.63, 3.8) is 0 Å². The number of aliphatic hydroxyl groups excluding tert-OH is 1. The minimum atomic E-state index is -0.578. The van der Waals surface area contributed by atoms with Gasteiger partial charge in [0.05, 0.1) is 22.8 Å². The van der Waals surface area contributed by atoms with Crippen molar-refractivity contribution < 1.29 is 19.0 Å². The molecule has 0 aliphatic carbocycles. The highest BCUT2D eigenvalue weighted by Crippen LogP contribution is 2.21. The lowest BCUT2D eigenvalue weighted by Crippen LogP contribution is -2.32. The number of carbonyl (C=O) groups excluding carboxylic acids is 1. The first-order chi connectivity index (χ1) is 13.5. The summed E-state index contributed by atoms with van der Waals surface area (Å²) in [5.41, 5.74) is 3.08. The van der Waals surface area contributed by atoms with Crippen LogP contribution in [0.2, 0.25) is 0 Å². The zero-order valence-corrected chi connectivity index (χ0v) is 15.5. The Kier molecular flexibility index (Phi) is 5.10. The number of hydrogen-bond donors (Lipinski definition) is 3. The molecule has 1 aliphatic heterocycles. The summed E-state index contributed by atoms with van der Waals surface area (Å²) in [5.74, 6) is -0.0357. The highest BCUT2D eigenvalue weighted by molar-refractivity contribution is 5.78. The highest BCUT2D eigenvalue weighted by Gasteiger charge is 2.34. The normalized spacial score (nSPS) is 19.6. The van der Waals surface area contributed by atoms with E-state index in [0.29, 0.717) is 36.4 Å². The summed E-state index contributed by atoms with van der Waals surface area (Å²) in [5, 5.41) is 17.3. The van der Waals surface area contributed by atoms with Crippen molar-refractivity contribution in [3.8, 4) is 0 Å². The van der Waals surface area contributed by atoms with Gasteiger partial charge in [0.1, 0.15) is 24.9 Å². The van der Waals surface area contributed by atoms with Crippen LogP contribution in [0.1, 0.15) is 17.2 Å². The number of nitrogens with zero attached hydrogens (tertiary/aromatic N) is 3. The number of aliphatic hydroxyl groups is 1. The first kappa shape index (κ1) is 18.6. The lowest BCUT2D eigenvalue weighted by Gasteiger charge is -2.15. The van der Waals surface area contributed by atoms with Crippen LogP contribution in [0.4, 0.5) is 4.39 Å². The summed E-state index contributed by atoms with van der Waals surface area (Å²) in [6.07, 6.45) is 0.0392. The maximum absolute atomic E-state index is 13.2. The second-order valence-corrected chi connectivity index (χ2v) is 7.21. The minimum absolute atomic E-state index is 0.0445. The molecular weight excluding hydrogens is 365 g/mol. The van der Waals surface area contributed by atoms with E-state index in [1.54, 1.807) is 11.0 Å². The predicted octanol–water partition coefficient (Wildman–Crippen LogP) is 1.31. The van der Waals surface area contributed by atoms with E-state index in [2.05, 4.69) is 20.2 Å². The second-order valence-electron chi connectivity index (χ2n) is 7.21. The number of ether oxygens (including phenoxy) is 1. The van der Waals surface area contributed by atoms with Crippen molar-refractivity contribution in [3.05, 3.63) is 47.3 Å². The standard InChI is InChI=1S/C19H22FN5O3/c1-11-4-14(24-23-11)5-12-7-25(8-17(12)26)19(27)10-28-9-18-21-15-3-2-13(20)6-16(15)22-18/h2-4,6,12,17,26H,5,7-10H2,1H3,(H,21,22)(H,23,24)/t12-,17-/m1/s1. The van der Waals surface area contributed by atoms with Gasteiger partial charge < -0.3 is 19.7 Å². The number of carbonyl (C=O) groups is 1. The fourth-order valence-corrected chi connectivity index (χ4v) is 3.54. The summed E-state index contributed by atoms with van der Waals surface area (Å²) in [6, 6.07) is 6.24. The quantitative estimate of drug-likeness (QED) is 0.591. The van der Waals surface area contributed by atoms with Gasteiger partial charge in [-0.1, -0.05) is 0 Å². The molecule has 9 heteroatoms. The number of hydrogen-bond acceptors (Lipinski definition) is 5. The number of fused-ring (bicyclic) bond motifs is 1. The van der Waals surface area contributed by atoms with Crippen molar-refractivity contribution in [2.45, 2.75) is 26.1 Å². The van der Waals surface area contributed by atoms with Gasteiger partial charge in [0, 0.05) is 24.7 Å². The Morgan fingerprint density at radius 1 is 1.39 bits per heavy atom. The second kappa shape index (κ2) is 7.69. The van der Waals surface area contributed by atoms with Gasteiger partial charge in [0.15, 0.2) is 0 Å². The van der Waals surface area contributed by atoms with Crippen LogP contribution in [0.15, 0.2) is 24.3 Å². The number of aryl methyl sites for hydroxylation is 1. The van der Waals surface area contributed by atoms with E-state index in [1.165, 1.54) is 12.1 Å². The van der Waals surface area contributed by atoms with Gasteiger partial charge in [0.2, 0.25) is 5.91 Å². The summed E-state index contributed by atoms with van der Waals surface area (Å²) in [6.45, 7) is 2.70. The third kappa shape index (κ3) is 4.05. The molecule has 4 rings (SSSR count). The van der Waals surface area contributed by atoms with Crippen LogP contribution >= 0.6 is 0 Å². The van der Waals surface area contributed by atoms with Crippen molar-refractivity contribution in [2.24, 2.45) is 5.92 Å². The maximum Gasteiger partial charge on any atom is 0.248 e. The molecule has 0 unspecified atom stereocenters. The molecule has 0 radical (unpaired) electrons. The number of aromatic nitrogens is 4. The Morgan fingerprint density at radius 3 is 3.04 bits per heavy atom. The number of halogens is 1. The number of H-pyrrole nitrogens is 2. The lowest BCUT2D eigenvalue weighted by molar-refractivity contribution is -0.136. The van der Waals surface area contributed by atoms with Gasteiger partial charge >= 0.3 is 0 Å². The zero-order chi connectivity index (χ0) is 19.7. The van der Waals surface area contributed by atoms with Crippen molar-refractivity contribution in [1.29, 1.82) is 0 Å². The fourth-order valence-electron chi connectivity index (χ4n) is 3.54. The smallest absolute Gasteiger partial charge is 0.248 e. The van der Waals surface area contributed by atoms with E-state index in [9.17, 15) is 14.3 Å². The number of imidazole rings is 1. The highest BCUT2D eigenvalue weighted by atomic mass is 19.1. The average molecular weight is 387 g/mol. The number of rotatable bonds is 6.